The Kier molecular flexibility index (Phi) is 7.67. The predicted molar refractivity (Wildman–Crippen MR) is 132 cm³/mol. The first-order chi connectivity index (χ1) is 17.1. The molecule has 3 aromatic rings. The Bertz CT molecular complexity index is 1250. The zero-order chi connectivity index (χ0) is 25.9. The number of anilines is 2. The van der Waals surface area contributed by atoms with Crippen molar-refractivity contribution >= 4 is 46.4 Å². The van der Waals surface area contributed by atoms with E-state index in [0.29, 0.717) is 15.7 Å². The van der Waals surface area contributed by atoms with Gasteiger partial charge in [0, 0.05) is 27.7 Å². The van der Waals surface area contributed by atoms with Crippen molar-refractivity contribution in [3.8, 4) is 0 Å². The fourth-order valence-electron chi connectivity index (χ4n) is 3.54. The Morgan fingerprint density at radius 1 is 1.00 bits per heavy atom. The van der Waals surface area contributed by atoms with Crippen molar-refractivity contribution in [3.63, 3.8) is 0 Å². The Hall–Kier alpha value is -3.34. The van der Waals surface area contributed by atoms with Gasteiger partial charge in [-0.1, -0.05) is 29.3 Å². The first kappa shape index (κ1) is 25.7. The molecule has 1 fully saturated rings. The minimum atomic E-state index is -4.55. The average molecular weight is 540 g/mol. The number of halogens is 6. The van der Waals surface area contributed by atoms with Crippen molar-refractivity contribution in [1.29, 1.82) is 0 Å². The second kappa shape index (κ2) is 10.7. The fourth-order valence-corrected chi connectivity index (χ4v) is 3.86. The van der Waals surface area contributed by atoms with Crippen molar-refractivity contribution in [2.24, 2.45) is 4.99 Å². The van der Waals surface area contributed by atoms with Gasteiger partial charge < -0.3 is 10.6 Å². The molecule has 188 valence electrons. The van der Waals surface area contributed by atoms with Crippen LogP contribution in [0, 0.1) is 5.82 Å². The van der Waals surface area contributed by atoms with Crippen LogP contribution in [0.25, 0.3) is 0 Å². The van der Waals surface area contributed by atoms with Gasteiger partial charge in [-0.05, 0) is 66.7 Å². The van der Waals surface area contributed by atoms with E-state index in [1.165, 1.54) is 41.4 Å². The second-order valence-corrected chi connectivity index (χ2v) is 8.75. The molecule has 2 unspecified atom stereocenters. The number of hydrogen-bond acceptors (Lipinski definition) is 3. The summed E-state index contributed by atoms with van der Waals surface area (Å²) in [6, 6.07) is 15.6. The normalized spacial score (nSPS) is 18.3. The molecule has 4 rings (SSSR count). The van der Waals surface area contributed by atoms with E-state index in [2.05, 4.69) is 21.1 Å². The van der Waals surface area contributed by atoms with E-state index >= 15 is 0 Å². The van der Waals surface area contributed by atoms with Crippen LogP contribution in [0.1, 0.15) is 16.8 Å². The maximum absolute atomic E-state index is 13.6. The number of guanidine groups is 1. The third-order valence-corrected chi connectivity index (χ3v) is 5.75. The topological polar surface area (TPSA) is 68.8 Å². The third kappa shape index (κ3) is 6.45. The van der Waals surface area contributed by atoms with Gasteiger partial charge in [-0.3, -0.25) is 9.80 Å². The van der Waals surface area contributed by atoms with Gasteiger partial charge >= 0.3 is 6.18 Å². The molecule has 3 N–H and O–H groups in total. The number of carbonyl (C=O) groups excluding carboxylic acids is 1. The molecule has 0 saturated carbocycles. The van der Waals surface area contributed by atoms with E-state index in [4.69, 9.17) is 23.2 Å². The molecule has 3 aromatic carbocycles. The molecule has 0 spiro atoms. The molecular formula is C24H19Cl2F4N5O. The molecule has 12 heteroatoms. The number of amides is 1. The Labute approximate surface area is 213 Å². The summed E-state index contributed by atoms with van der Waals surface area (Å²) < 4.78 is 54.2. The summed E-state index contributed by atoms with van der Waals surface area (Å²) >= 11 is 11.9. The van der Waals surface area contributed by atoms with Crippen LogP contribution in [0.2, 0.25) is 10.0 Å². The summed E-state index contributed by atoms with van der Waals surface area (Å²) in [6.07, 6.45) is -5.98. The van der Waals surface area contributed by atoms with E-state index in [9.17, 15) is 22.4 Å². The quantitative estimate of drug-likeness (QED) is 0.215. The Morgan fingerprint density at radius 3 is 2.33 bits per heavy atom. The Balaban J connectivity index is 1.66. The maximum atomic E-state index is 13.6. The number of benzene rings is 3. The molecule has 0 aromatic heterocycles. The Morgan fingerprint density at radius 2 is 1.69 bits per heavy atom. The lowest BCUT2D eigenvalue weighted by atomic mass is 10.2. The number of nitrogens with zero attached hydrogens (tertiary/aromatic N) is 2. The van der Waals surface area contributed by atoms with Crippen LogP contribution in [0.4, 0.5) is 28.9 Å². The standard InChI is InChI=1S/C24H19Cl2F4N5O/c25-15-6-4-14(5-7-15)22(36)33-23(31-18-3-1-2-16(26)12-18)32-21-13-20(24(28,29)30)34-35(21)19-10-8-17(27)9-11-19/h1-12,20-21,34H,13H2,(H2,31,32,33,36). The summed E-state index contributed by atoms with van der Waals surface area (Å²) in [5, 5.41) is 7.83. The highest BCUT2D eigenvalue weighted by Gasteiger charge is 2.48. The van der Waals surface area contributed by atoms with E-state index in [1.807, 2.05) is 0 Å². The minimum Gasteiger partial charge on any atom is -0.334 e. The van der Waals surface area contributed by atoms with E-state index in [1.54, 1.807) is 24.3 Å². The van der Waals surface area contributed by atoms with Gasteiger partial charge in [0.25, 0.3) is 5.91 Å². The summed E-state index contributed by atoms with van der Waals surface area (Å²) in [4.78, 5) is 16.9. The van der Waals surface area contributed by atoms with Gasteiger partial charge in [-0.15, -0.1) is 0 Å². The number of aliphatic imine (C=N–C) groups is 1. The van der Waals surface area contributed by atoms with Crippen LogP contribution in [-0.2, 0) is 0 Å². The number of hydrogen-bond donors (Lipinski definition) is 3. The monoisotopic (exact) mass is 539 g/mol. The average Bonchev–Trinajstić information content (AvgIpc) is 3.24. The molecule has 0 bridgehead atoms. The first-order valence-electron chi connectivity index (χ1n) is 10.6. The van der Waals surface area contributed by atoms with Crippen molar-refractivity contribution in [1.82, 2.24) is 10.7 Å². The predicted octanol–water partition coefficient (Wildman–Crippen LogP) is 6.00. The molecule has 36 heavy (non-hydrogen) atoms. The lowest BCUT2D eigenvalue weighted by Gasteiger charge is -2.28. The van der Waals surface area contributed by atoms with Crippen LogP contribution in [0.15, 0.2) is 77.8 Å². The number of alkyl halides is 3. The molecule has 1 saturated heterocycles. The van der Waals surface area contributed by atoms with Gasteiger partial charge in [0.2, 0.25) is 5.96 Å². The summed E-state index contributed by atoms with van der Waals surface area (Å²) in [5.74, 6) is -1.30. The molecule has 6 nitrogen and oxygen atoms in total. The molecule has 0 radical (unpaired) electrons. The number of hydrazine groups is 1. The molecule has 1 amide bonds. The van der Waals surface area contributed by atoms with Crippen molar-refractivity contribution < 1.29 is 22.4 Å². The summed E-state index contributed by atoms with van der Waals surface area (Å²) in [5.41, 5.74) is 3.36. The first-order valence-corrected chi connectivity index (χ1v) is 11.4. The summed E-state index contributed by atoms with van der Waals surface area (Å²) in [6.45, 7) is 0. The lowest BCUT2D eigenvalue weighted by molar-refractivity contribution is -0.152. The highest BCUT2D eigenvalue weighted by Crippen LogP contribution is 2.31. The molecule has 0 aliphatic carbocycles. The van der Waals surface area contributed by atoms with Crippen molar-refractivity contribution in [3.05, 3.63) is 94.2 Å². The highest BCUT2D eigenvalue weighted by atomic mass is 35.5. The molecule has 1 aliphatic rings. The van der Waals surface area contributed by atoms with Crippen molar-refractivity contribution in [2.75, 3.05) is 10.3 Å². The lowest BCUT2D eigenvalue weighted by Crippen LogP contribution is -2.51. The number of carbonyl (C=O) groups is 1. The van der Waals surface area contributed by atoms with Crippen LogP contribution in [0.3, 0.4) is 0 Å². The maximum Gasteiger partial charge on any atom is 0.405 e. The van der Waals surface area contributed by atoms with Crippen molar-refractivity contribution in [2.45, 2.75) is 24.8 Å². The van der Waals surface area contributed by atoms with Gasteiger partial charge in [0.15, 0.2) is 0 Å². The van der Waals surface area contributed by atoms with Crippen LogP contribution in [-0.4, -0.2) is 30.3 Å². The van der Waals surface area contributed by atoms with Crippen LogP contribution < -0.4 is 21.1 Å². The number of rotatable bonds is 4. The largest absolute Gasteiger partial charge is 0.405 e. The fraction of sp³-hybridized carbons (Fsp3) is 0.167. The second-order valence-electron chi connectivity index (χ2n) is 7.87. The SMILES string of the molecule is O=C(/N=C(/Nc1cccc(Cl)c1)NC1CC(C(F)(F)F)NN1c1ccc(F)cc1)c1ccc(Cl)cc1. The van der Waals surface area contributed by atoms with E-state index in [0.717, 1.165) is 12.1 Å². The smallest absolute Gasteiger partial charge is 0.334 e. The zero-order valence-corrected chi connectivity index (χ0v) is 19.9. The third-order valence-electron chi connectivity index (χ3n) is 5.26. The van der Waals surface area contributed by atoms with Crippen LogP contribution >= 0.6 is 23.2 Å². The number of nitrogens with one attached hydrogen (secondary N) is 3. The minimum absolute atomic E-state index is 0.112. The van der Waals surface area contributed by atoms with E-state index < -0.39 is 36.5 Å². The molecule has 1 aliphatic heterocycles. The highest BCUT2D eigenvalue weighted by molar-refractivity contribution is 6.31. The van der Waals surface area contributed by atoms with E-state index in [-0.39, 0.29) is 17.2 Å². The molecule has 1 heterocycles. The summed E-state index contributed by atoms with van der Waals surface area (Å²) in [7, 11) is 0. The zero-order valence-electron chi connectivity index (χ0n) is 18.4. The molecule has 2 atom stereocenters. The van der Waals surface area contributed by atoms with Crippen LogP contribution in [0.5, 0.6) is 0 Å². The van der Waals surface area contributed by atoms with Gasteiger partial charge in [0.1, 0.15) is 18.0 Å². The van der Waals surface area contributed by atoms with Gasteiger partial charge in [-0.2, -0.15) is 18.2 Å². The molecular weight excluding hydrogens is 521 g/mol. The van der Waals surface area contributed by atoms with Gasteiger partial charge in [-0.25, -0.2) is 9.82 Å². The van der Waals surface area contributed by atoms with Gasteiger partial charge in [0.05, 0.1) is 5.69 Å².